The minimum Gasteiger partial charge on any atom is -0.335 e. The van der Waals surface area contributed by atoms with Crippen LogP contribution in [-0.4, -0.2) is 38.2 Å². The van der Waals surface area contributed by atoms with Crippen molar-refractivity contribution in [1.29, 1.82) is 0 Å². The van der Waals surface area contributed by atoms with Crippen LogP contribution < -0.4 is 0 Å². The number of carbonyl (C=O) groups is 1. The highest BCUT2D eigenvalue weighted by atomic mass is 16.2. The molecule has 1 saturated heterocycles. The summed E-state index contributed by atoms with van der Waals surface area (Å²) in [5.74, 6) is 0.868. The molecule has 3 heterocycles. The molecule has 1 saturated carbocycles. The molecule has 2 fully saturated rings. The van der Waals surface area contributed by atoms with Gasteiger partial charge in [0.05, 0.1) is 17.5 Å². The Morgan fingerprint density at radius 2 is 1.96 bits per heavy atom. The number of likely N-dealkylation sites (tertiary alicyclic amines) is 1. The van der Waals surface area contributed by atoms with Crippen molar-refractivity contribution in [3.63, 3.8) is 0 Å². The van der Waals surface area contributed by atoms with Gasteiger partial charge in [-0.3, -0.25) is 4.79 Å². The van der Waals surface area contributed by atoms with Crippen molar-refractivity contribution in [2.75, 3.05) is 6.54 Å². The molecule has 0 bridgehead atoms. The van der Waals surface area contributed by atoms with Gasteiger partial charge in [-0.25, -0.2) is 9.67 Å². The van der Waals surface area contributed by atoms with Gasteiger partial charge in [-0.1, -0.05) is 12.8 Å². The monoisotopic (exact) mass is 340 g/mol. The van der Waals surface area contributed by atoms with Gasteiger partial charge in [0, 0.05) is 24.0 Å². The predicted molar refractivity (Wildman–Crippen MR) is 98.7 cm³/mol. The lowest BCUT2D eigenvalue weighted by Crippen LogP contribution is -2.49. The van der Waals surface area contributed by atoms with E-state index < -0.39 is 0 Å². The molecule has 0 N–H and O–H groups in total. The number of aryl methyl sites for hydroxylation is 1. The van der Waals surface area contributed by atoms with Crippen molar-refractivity contribution in [3.8, 4) is 0 Å². The van der Waals surface area contributed by atoms with Crippen LogP contribution in [0.3, 0.4) is 0 Å². The number of hydrogen-bond acceptors (Lipinski definition) is 3. The van der Waals surface area contributed by atoms with Gasteiger partial charge >= 0.3 is 0 Å². The van der Waals surface area contributed by atoms with Gasteiger partial charge < -0.3 is 4.90 Å². The lowest BCUT2D eigenvalue weighted by atomic mass is 9.78. The average Bonchev–Trinajstić information content (AvgIpc) is 3.03. The molecule has 5 heteroatoms. The number of hydrogen-bond donors (Lipinski definition) is 0. The van der Waals surface area contributed by atoms with Crippen LogP contribution in [0, 0.1) is 12.8 Å². The first-order valence-electron chi connectivity index (χ1n) is 9.72. The number of nitrogens with zero attached hydrogens (tertiary/aromatic N) is 4. The molecule has 25 heavy (non-hydrogen) atoms. The van der Waals surface area contributed by atoms with Gasteiger partial charge in [0.25, 0.3) is 5.91 Å². The highest BCUT2D eigenvalue weighted by Crippen LogP contribution is 2.36. The molecule has 1 aliphatic carbocycles. The smallest absolute Gasteiger partial charge is 0.255 e. The Bertz CT molecular complexity index is 792. The third-order valence-electron chi connectivity index (χ3n) is 5.98. The third kappa shape index (κ3) is 2.83. The van der Waals surface area contributed by atoms with Gasteiger partial charge in [0.15, 0.2) is 5.65 Å². The molecular weight excluding hydrogens is 312 g/mol. The molecule has 2 aliphatic rings. The molecule has 5 nitrogen and oxygen atoms in total. The van der Waals surface area contributed by atoms with E-state index in [1.807, 2.05) is 23.9 Å². The molecule has 2 aromatic rings. The van der Waals surface area contributed by atoms with Crippen LogP contribution in [0.5, 0.6) is 0 Å². The maximum absolute atomic E-state index is 13.3. The Morgan fingerprint density at radius 3 is 2.76 bits per heavy atom. The lowest BCUT2D eigenvalue weighted by molar-refractivity contribution is 0.0390. The zero-order chi connectivity index (χ0) is 17.6. The van der Waals surface area contributed by atoms with E-state index in [2.05, 4.69) is 23.8 Å². The number of aromatic nitrogens is 3. The summed E-state index contributed by atoms with van der Waals surface area (Å²) in [6, 6.07) is 2.69. The van der Waals surface area contributed by atoms with Gasteiger partial charge in [-0.05, 0) is 58.4 Å². The fraction of sp³-hybridized carbons (Fsp3) is 0.650. The minimum absolute atomic E-state index is 0.167. The number of rotatable bonds is 2. The minimum atomic E-state index is 0.167. The number of piperidine rings is 1. The van der Waals surface area contributed by atoms with Crippen molar-refractivity contribution >= 4 is 16.9 Å². The molecule has 134 valence electrons. The standard InChI is InChI=1S/C20H28N4O/c1-13(2)24-19-16(12-21-24)11-17(14(3)22-19)20(25)23-10-6-8-15-7-4-5-9-18(15)23/h11-13,15,18H,4-10H2,1-3H3. The average molecular weight is 340 g/mol. The second-order valence-electron chi connectivity index (χ2n) is 7.97. The Labute approximate surface area is 149 Å². The molecule has 4 rings (SSSR count). The summed E-state index contributed by atoms with van der Waals surface area (Å²) in [6.45, 7) is 7.04. The largest absolute Gasteiger partial charge is 0.335 e. The van der Waals surface area contributed by atoms with Crippen molar-refractivity contribution < 1.29 is 4.79 Å². The van der Waals surface area contributed by atoms with Crippen molar-refractivity contribution in [2.45, 2.75) is 71.4 Å². The molecule has 0 aromatic carbocycles. The van der Waals surface area contributed by atoms with Crippen LogP contribution >= 0.6 is 0 Å². The molecule has 2 atom stereocenters. The third-order valence-corrected chi connectivity index (χ3v) is 5.98. The quantitative estimate of drug-likeness (QED) is 0.826. The zero-order valence-electron chi connectivity index (χ0n) is 15.5. The fourth-order valence-electron chi connectivity index (χ4n) is 4.69. The highest BCUT2D eigenvalue weighted by molar-refractivity contribution is 5.98. The van der Waals surface area contributed by atoms with E-state index in [1.165, 1.54) is 25.7 Å². The predicted octanol–water partition coefficient (Wildman–Crippen LogP) is 4.12. The van der Waals surface area contributed by atoms with E-state index in [0.29, 0.717) is 12.0 Å². The summed E-state index contributed by atoms with van der Waals surface area (Å²) >= 11 is 0. The van der Waals surface area contributed by atoms with Crippen LogP contribution in [0.25, 0.3) is 11.0 Å². The Morgan fingerprint density at radius 1 is 1.20 bits per heavy atom. The van der Waals surface area contributed by atoms with E-state index in [0.717, 1.165) is 41.7 Å². The molecular formula is C20H28N4O. The van der Waals surface area contributed by atoms with E-state index >= 15 is 0 Å². The topological polar surface area (TPSA) is 51.0 Å². The Kier molecular flexibility index (Phi) is 4.26. The maximum atomic E-state index is 13.3. The van der Waals surface area contributed by atoms with E-state index in [-0.39, 0.29) is 11.9 Å². The summed E-state index contributed by atoms with van der Waals surface area (Å²) in [6.07, 6.45) is 9.27. The highest BCUT2D eigenvalue weighted by Gasteiger charge is 2.36. The second-order valence-corrected chi connectivity index (χ2v) is 7.97. The number of pyridine rings is 1. The zero-order valence-corrected chi connectivity index (χ0v) is 15.5. The van der Waals surface area contributed by atoms with Gasteiger partial charge in [0.1, 0.15) is 0 Å². The lowest BCUT2D eigenvalue weighted by Gasteiger charge is -2.44. The second kappa shape index (κ2) is 6.43. The molecule has 2 aromatic heterocycles. The fourth-order valence-corrected chi connectivity index (χ4v) is 4.69. The van der Waals surface area contributed by atoms with Crippen LogP contribution in [0.2, 0.25) is 0 Å². The Hall–Kier alpha value is -1.91. The van der Waals surface area contributed by atoms with Crippen LogP contribution in [0.1, 0.15) is 74.5 Å². The molecule has 0 radical (unpaired) electrons. The first kappa shape index (κ1) is 16.6. The summed E-state index contributed by atoms with van der Waals surface area (Å²) in [5, 5.41) is 5.40. The van der Waals surface area contributed by atoms with Crippen molar-refractivity contribution in [3.05, 3.63) is 23.5 Å². The Balaban J connectivity index is 1.68. The first-order chi connectivity index (χ1) is 12.1. The van der Waals surface area contributed by atoms with E-state index in [4.69, 9.17) is 4.98 Å². The van der Waals surface area contributed by atoms with Crippen molar-refractivity contribution in [1.82, 2.24) is 19.7 Å². The van der Waals surface area contributed by atoms with Gasteiger partial charge in [0.2, 0.25) is 0 Å². The molecule has 0 spiro atoms. The first-order valence-corrected chi connectivity index (χ1v) is 9.72. The number of fused-ring (bicyclic) bond motifs is 2. The molecule has 1 aliphatic heterocycles. The van der Waals surface area contributed by atoms with Crippen LogP contribution in [0.15, 0.2) is 12.3 Å². The summed E-state index contributed by atoms with van der Waals surface area (Å²) in [7, 11) is 0. The van der Waals surface area contributed by atoms with E-state index in [1.54, 1.807) is 0 Å². The molecule has 2 unspecified atom stereocenters. The number of amides is 1. The van der Waals surface area contributed by atoms with Crippen LogP contribution in [-0.2, 0) is 0 Å². The summed E-state index contributed by atoms with van der Waals surface area (Å²) in [5.41, 5.74) is 2.44. The van der Waals surface area contributed by atoms with Crippen molar-refractivity contribution in [2.24, 2.45) is 5.92 Å². The number of carbonyl (C=O) groups excluding carboxylic acids is 1. The molecule has 1 amide bonds. The SMILES string of the molecule is Cc1nc2c(cnn2C(C)C)cc1C(=O)N1CCCC2CCCCC21. The maximum Gasteiger partial charge on any atom is 0.255 e. The van der Waals surface area contributed by atoms with Crippen LogP contribution in [0.4, 0.5) is 0 Å². The summed E-state index contributed by atoms with van der Waals surface area (Å²) in [4.78, 5) is 20.2. The van der Waals surface area contributed by atoms with Gasteiger partial charge in [-0.15, -0.1) is 0 Å². The summed E-state index contributed by atoms with van der Waals surface area (Å²) < 4.78 is 1.93. The normalized spacial score (nSPS) is 23.9. The van der Waals surface area contributed by atoms with E-state index in [9.17, 15) is 4.79 Å². The van der Waals surface area contributed by atoms with Gasteiger partial charge in [-0.2, -0.15) is 5.10 Å².